The highest BCUT2D eigenvalue weighted by Gasteiger charge is 2.58. The topological polar surface area (TPSA) is 43.4 Å². The van der Waals surface area contributed by atoms with Crippen LogP contribution >= 0.6 is 23.2 Å². The van der Waals surface area contributed by atoms with Gasteiger partial charge in [-0.15, -0.1) is 0 Å². The number of hydrogen-bond acceptors (Lipinski definition) is 3. The van der Waals surface area contributed by atoms with Crippen molar-refractivity contribution in [2.45, 2.75) is 62.5 Å². The molecule has 0 radical (unpaired) electrons. The molecule has 12 unspecified atom stereocenters. The summed E-state index contributed by atoms with van der Waals surface area (Å²) in [4.78, 5) is 25.5. The van der Waals surface area contributed by atoms with Crippen LogP contribution in [0.5, 0.6) is 0 Å². The number of ether oxygens (including phenoxy) is 1. The fraction of sp³-hybridized carbons (Fsp3) is 0.909. The zero-order valence-electron chi connectivity index (χ0n) is 15.6. The standard InChI is InChI=1S/C22H28Cl2O3/c23-21(17-11-1-9-3-13(7-11)19(25)15(17)5-9)27-22(24)18-12-2-10-4-14(8-12)20(26)16(18)6-10/h9-18,21-22H,1-8H2. The average molecular weight is 411 g/mol. The summed E-state index contributed by atoms with van der Waals surface area (Å²) in [5.41, 5.74) is -1.00. The van der Waals surface area contributed by atoms with Crippen molar-refractivity contribution in [3.63, 3.8) is 0 Å². The minimum absolute atomic E-state index is 0.0766. The number of ketones is 2. The molecule has 0 amide bonds. The molecule has 27 heavy (non-hydrogen) atoms. The van der Waals surface area contributed by atoms with Gasteiger partial charge in [0, 0.05) is 35.5 Å². The van der Waals surface area contributed by atoms with Gasteiger partial charge in [-0.2, -0.15) is 0 Å². The Kier molecular flexibility index (Phi) is 4.06. The predicted octanol–water partition coefficient (Wildman–Crippen LogP) is 4.64. The molecule has 0 aliphatic heterocycles. The summed E-state index contributed by atoms with van der Waals surface area (Å²) in [6, 6.07) is 0. The predicted molar refractivity (Wildman–Crippen MR) is 102 cm³/mol. The van der Waals surface area contributed by atoms with E-state index in [1.807, 2.05) is 0 Å². The van der Waals surface area contributed by atoms with Crippen LogP contribution in [0.3, 0.4) is 0 Å². The van der Waals surface area contributed by atoms with E-state index in [4.69, 9.17) is 27.9 Å². The van der Waals surface area contributed by atoms with Gasteiger partial charge in [0.15, 0.2) is 0 Å². The molecule has 148 valence electrons. The third kappa shape index (κ3) is 2.56. The van der Waals surface area contributed by atoms with Gasteiger partial charge in [0.25, 0.3) is 0 Å². The molecule has 0 aromatic heterocycles. The van der Waals surface area contributed by atoms with Crippen molar-refractivity contribution < 1.29 is 14.3 Å². The van der Waals surface area contributed by atoms with Crippen molar-refractivity contribution in [2.24, 2.45) is 59.2 Å². The van der Waals surface area contributed by atoms with E-state index in [1.165, 1.54) is 12.8 Å². The van der Waals surface area contributed by atoms with Crippen LogP contribution < -0.4 is 0 Å². The zero-order valence-corrected chi connectivity index (χ0v) is 17.1. The van der Waals surface area contributed by atoms with Crippen molar-refractivity contribution in [3.05, 3.63) is 0 Å². The summed E-state index contributed by atoms with van der Waals surface area (Å²) in [6.45, 7) is 0. The minimum atomic E-state index is -0.501. The first kappa shape index (κ1) is 17.7. The molecule has 0 N–H and O–H groups in total. The van der Waals surface area contributed by atoms with Gasteiger partial charge in [-0.3, -0.25) is 9.59 Å². The van der Waals surface area contributed by atoms with Crippen LogP contribution in [0, 0.1) is 59.2 Å². The van der Waals surface area contributed by atoms with Gasteiger partial charge in [0.2, 0.25) is 0 Å². The van der Waals surface area contributed by atoms with Crippen molar-refractivity contribution in [3.8, 4) is 0 Å². The maximum absolute atomic E-state index is 12.7. The number of rotatable bonds is 4. The molecule has 0 aromatic carbocycles. The maximum Gasteiger partial charge on any atom is 0.139 e. The van der Waals surface area contributed by atoms with Crippen LogP contribution in [0.2, 0.25) is 0 Å². The van der Waals surface area contributed by atoms with Crippen LogP contribution in [0.4, 0.5) is 0 Å². The molecule has 8 aliphatic carbocycles. The Balaban J connectivity index is 1.18. The molecule has 8 saturated carbocycles. The van der Waals surface area contributed by atoms with Crippen LogP contribution in [0.15, 0.2) is 0 Å². The number of halogens is 2. The van der Waals surface area contributed by atoms with E-state index in [-0.39, 0.29) is 35.5 Å². The van der Waals surface area contributed by atoms with E-state index in [9.17, 15) is 9.59 Å². The van der Waals surface area contributed by atoms with Crippen molar-refractivity contribution in [1.29, 1.82) is 0 Å². The molecule has 3 nitrogen and oxygen atoms in total. The number of hydrogen-bond donors (Lipinski definition) is 0. The second kappa shape index (κ2) is 6.19. The molecule has 0 aromatic rings. The molecular formula is C22H28Cl2O3. The lowest BCUT2D eigenvalue weighted by Gasteiger charge is -2.55. The molecule has 5 heteroatoms. The Hall–Kier alpha value is -0.120. The summed E-state index contributed by atoms with van der Waals surface area (Å²) in [5, 5.41) is 0. The summed E-state index contributed by atoms with van der Waals surface area (Å²) < 4.78 is 6.23. The molecule has 8 aliphatic rings. The van der Waals surface area contributed by atoms with Crippen molar-refractivity contribution in [1.82, 2.24) is 0 Å². The van der Waals surface area contributed by atoms with E-state index in [2.05, 4.69) is 0 Å². The summed E-state index contributed by atoms with van der Waals surface area (Å²) in [6.07, 6.45) is 8.56. The average Bonchev–Trinajstić information content (AvgIpc) is 2.62. The molecule has 0 saturated heterocycles. The Morgan fingerprint density at radius 3 is 1.56 bits per heavy atom. The number of carbonyl (C=O) groups is 2. The lowest BCUT2D eigenvalue weighted by atomic mass is 9.51. The molecule has 8 bridgehead atoms. The van der Waals surface area contributed by atoms with E-state index < -0.39 is 11.1 Å². The molecule has 0 spiro atoms. The zero-order chi connectivity index (χ0) is 18.4. The summed E-state index contributed by atoms with van der Waals surface area (Å²) in [7, 11) is 0. The van der Waals surface area contributed by atoms with Crippen LogP contribution in [0.25, 0.3) is 0 Å². The number of alkyl halides is 2. The highest BCUT2D eigenvalue weighted by Crippen LogP contribution is 2.59. The first-order valence-electron chi connectivity index (χ1n) is 11.0. The maximum atomic E-state index is 12.7. The Morgan fingerprint density at radius 2 is 1.11 bits per heavy atom. The fourth-order valence-corrected chi connectivity index (χ4v) is 9.49. The largest absolute Gasteiger partial charge is 0.343 e. The molecule has 12 atom stereocenters. The molecule has 8 rings (SSSR count). The monoisotopic (exact) mass is 410 g/mol. The van der Waals surface area contributed by atoms with Gasteiger partial charge in [-0.25, -0.2) is 0 Å². The third-order valence-corrected chi connectivity index (χ3v) is 10.1. The lowest BCUT2D eigenvalue weighted by molar-refractivity contribution is -0.162. The highest BCUT2D eigenvalue weighted by molar-refractivity contribution is 6.22. The summed E-state index contributed by atoms with van der Waals surface area (Å²) in [5.74, 6) is 4.24. The summed E-state index contributed by atoms with van der Waals surface area (Å²) >= 11 is 13.6. The van der Waals surface area contributed by atoms with Crippen LogP contribution in [-0.2, 0) is 14.3 Å². The van der Waals surface area contributed by atoms with E-state index in [0.29, 0.717) is 35.2 Å². The smallest absolute Gasteiger partial charge is 0.139 e. The van der Waals surface area contributed by atoms with Gasteiger partial charge >= 0.3 is 0 Å². The van der Waals surface area contributed by atoms with Gasteiger partial charge in [-0.05, 0) is 75.0 Å². The Morgan fingerprint density at radius 1 is 0.667 bits per heavy atom. The van der Waals surface area contributed by atoms with Crippen molar-refractivity contribution >= 4 is 34.8 Å². The first-order valence-corrected chi connectivity index (χ1v) is 11.9. The highest BCUT2D eigenvalue weighted by atomic mass is 35.5. The molecular weight excluding hydrogens is 383 g/mol. The normalized spacial score (nSPS) is 54.6. The first-order chi connectivity index (χ1) is 13.0. The van der Waals surface area contributed by atoms with Crippen LogP contribution in [0.1, 0.15) is 51.4 Å². The van der Waals surface area contributed by atoms with Gasteiger partial charge < -0.3 is 4.74 Å². The second-order valence-electron chi connectivity index (χ2n) is 10.5. The van der Waals surface area contributed by atoms with E-state index >= 15 is 0 Å². The Labute approximate surface area is 170 Å². The Bertz CT molecular complexity index is 624. The SMILES string of the molecule is O=C1C2CC3CC(C2)C(C(Cl)OC(Cl)C2C4CC5CC(C4)C(=O)C2C5)C1C3. The minimum Gasteiger partial charge on any atom is -0.343 e. The molecule has 8 fully saturated rings. The fourth-order valence-electron chi connectivity index (χ4n) is 8.45. The molecule has 0 heterocycles. The van der Waals surface area contributed by atoms with Gasteiger partial charge in [0.05, 0.1) is 0 Å². The quantitative estimate of drug-likeness (QED) is 0.634. The van der Waals surface area contributed by atoms with Gasteiger partial charge in [-0.1, -0.05) is 23.2 Å². The number of Topliss-reactive ketones (excluding diaryl/α,β-unsaturated/α-hetero) is 2. The van der Waals surface area contributed by atoms with Crippen molar-refractivity contribution in [2.75, 3.05) is 0 Å². The third-order valence-electron chi connectivity index (χ3n) is 9.28. The second-order valence-corrected chi connectivity index (χ2v) is 11.4. The van der Waals surface area contributed by atoms with Gasteiger partial charge in [0.1, 0.15) is 22.7 Å². The lowest BCUT2D eigenvalue weighted by Crippen LogP contribution is -2.56. The van der Waals surface area contributed by atoms with E-state index in [0.717, 1.165) is 38.5 Å². The van der Waals surface area contributed by atoms with Crippen LogP contribution in [-0.4, -0.2) is 22.7 Å². The van der Waals surface area contributed by atoms with E-state index in [1.54, 1.807) is 0 Å². The number of carbonyl (C=O) groups excluding carboxylic acids is 2.